The third-order valence-corrected chi connectivity index (χ3v) is 9.13. The number of carbonyl (C=O) groups excluding carboxylic acids is 1. The number of piperidine rings is 2. The van der Waals surface area contributed by atoms with Crippen LogP contribution in [0.5, 0.6) is 0 Å². The van der Waals surface area contributed by atoms with E-state index in [9.17, 15) is 13.2 Å². The number of benzene rings is 1. The Hall–Kier alpha value is -2.23. The molecular weight excluding hydrogens is 450 g/mol. The van der Waals surface area contributed by atoms with Crippen molar-refractivity contribution in [3.8, 4) is 0 Å². The lowest BCUT2D eigenvalue weighted by Crippen LogP contribution is -2.43. The Morgan fingerprint density at radius 1 is 1.06 bits per heavy atom. The monoisotopic (exact) mass is 487 g/mol. The molecule has 0 atom stereocenters. The Morgan fingerprint density at radius 3 is 2.32 bits per heavy atom. The van der Waals surface area contributed by atoms with E-state index in [0.29, 0.717) is 38.3 Å². The zero-order valence-corrected chi connectivity index (χ0v) is 21.4. The molecule has 2 saturated heterocycles. The molecule has 34 heavy (non-hydrogen) atoms. The topological polar surface area (TPSA) is 87.5 Å². The van der Waals surface area contributed by atoms with Gasteiger partial charge in [0, 0.05) is 45.3 Å². The molecule has 2 fully saturated rings. The van der Waals surface area contributed by atoms with Crippen molar-refractivity contribution in [2.45, 2.75) is 57.6 Å². The van der Waals surface area contributed by atoms with Crippen molar-refractivity contribution in [2.75, 3.05) is 26.2 Å². The molecule has 1 amide bonds. The molecule has 0 aliphatic carbocycles. The third-order valence-electron chi connectivity index (χ3n) is 7.36. The molecule has 1 aromatic heterocycles. The van der Waals surface area contributed by atoms with Gasteiger partial charge in [0.15, 0.2) is 5.03 Å². The van der Waals surface area contributed by atoms with Gasteiger partial charge in [-0.05, 0) is 62.7 Å². The Balaban J connectivity index is 1.29. The van der Waals surface area contributed by atoms with Gasteiger partial charge in [-0.2, -0.15) is 4.31 Å². The van der Waals surface area contributed by atoms with Crippen LogP contribution in [-0.2, 0) is 35.0 Å². The molecule has 2 aliphatic heterocycles. The zero-order chi connectivity index (χ0) is 24.3. The van der Waals surface area contributed by atoms with Crippen molar-refractivity contribution in [3.63, 3.8) is 0 Å². The maximum atomic E-state index is 12.9. The molecule has 1 N–H and O–H groups in total. The van der Waals surface area contributed by atoms with E-state index in [1.165, 1.54) is 22.7 Å². The van der Waals surface area contributed by atoms with E-state index in [2.05, 4.69) is 40.3 Å². The van der Waals surface area contributed by atoms with Crippen LogP contribution < -0.4 is 5.32 Å². The molecule has 2 aromatic rings. The van der Waals surface area contributed by atoms with Crippen LogP contribution in [0.4, 0.5) is 0 Å². The van der Waals surface area contributed by atoms with Crippen molar-refractivity contribution in [3.05, 3.63) is 47.4 Å². The molecule has 8 nitrogen and oxygen atoms in total. The summed E-state index contributed by atoms with van der Waals surface area (Å²) in [6, 6.07) is 8.33. The quantitative estimate of drug-likeness (QED) is 0.649. The fraction of sp³-hybridized carbons (Fsp3) is 0.600. The van der Waals surface area contributed by atoms with E-state index in [-0.39, 0.29) is 16.9 Å². The highest BCUT2D eigenvalue weighted by molar-refractivity contribution is 7.89. The van der Waals surface area contributed by atoms with Gasteiger partial charge in [0.05, 0.1) is 0 Å². The number of hydrogen-bond donors (Lipinski definition) is 1. The van der Waals surface area contributed by atoms with E-state index in [4.69, 9.17) is 0 Å². The number of sulfonamides is 1. The fourth-order valence-corrected chi connectivity index (χ4v) is 6.31. The van der Waals surface area contributed by atoms with Crippen LogP contribution >= 0.6 is 0 Å². The predicted molar refractivity (Wildman–Crippen MR) is 131 cm³/mol. The van der Waals surface area contributed by atoms with Crippen LogP contribution in [0.1, 0.15) is 49.6 Å². The summed E-state index contributed by atoms with van der Waals surface area (Å²) >= 11 is 0. The number of nitrogens with one attached hydrogen (secondary N) is 1. The predicted octanol–water partition coefficient (Wildman–Crippen LogP) is 2.68. The molecule has 3 heterocycles. The molecule has 1 aromatic carbocycles. The molecule has 0 bridgehead atoms. The lowest BCUT2D eigenvalue weighted by Gasteiger charge is -2.31. The first-order valence-corrected chi connectivity index (χ1v) is 13.7. The van der Waals surface area contributed by atoms with Crippen molar-refractivity contribution in [1.29, 1.82) is 0 Å². The van der Waals surface area contributed by atoms with Gasteiger partial charge in [-0.1, -0.05) is 31.2 Å². The lowest BCUT2D eigenvalue weighted by atomic mass is 9.96. The van der Waals surface area contributed by atoms with Crippen molar-refractivity contribution in [2.24, 2.45) is 18.9 Å². The number of aromatic nitrogens is 2. The normalized spacial score (nSPS) is 19.4. The fourth-order valence-electron chi connectivity index (χ4n) is 4.81. The summed E-state index contributed by atoms with van der Waals surface area (Å²) in [5.74, 6) is 1.29. The number of nitrogens with zero attached hydrogens (tertiary/aromatic N) is 4. The highest BCUT2D eigenvalue weighted by Crippen LogP contribution is 2.24. The van der Waals surface area contributed by atoms with Gasteiger partial charge in [-0.15, -0.1) is 0 Å². The van der Waals surface area contributed by atoms with Crippen LogP contribution in [0.3, 0.4) is 0 Å². The number of amides is 1. The summed E-state index contributed by atoms with van der Waals surface area (Å²) in [6.45, 7) is 8.44. The summed E-state index contributed by atoms with van der Waals surface area (Å²) in [7, 11) is -1.85. The van der Waals surface area contributed by atoms with Gasteiger partial charge in [0.25, 0.3) is 10.0 Å². The van der Waals surface area contributed by atoms with Crippen LogP contribution in [-0.4, -0.2) is 59.3 Å². The minimum absolute atomic E-state index is 0.00679. The number of rotatable bonds is 7. The Kier molecular flexibility index (Phi) is 7.74. The molecule has 4 rings (SSSR count). The smallest absolute Gasteiger partial charge is 0.262 e. The third kappa shape index (κ3) is 5.70. The van der Waals surface area contributed by atoms with Gasteiger partial charge >= 0.3 is 0 Å². The Labute approximate surface area is 203 Å². The standard InChI is InChI=1S/C25H37N5O3S/c1-19-8-12-29(13-9-19)17-23-7-5-4-6-22(23)16-26-25(31)21-10-14-30(15-11-21)34(32,33)24-18-28(3)20(2)27-24/h4-7,18-19,21H,8-17H2,1-3H3,(H,26,31). The highest BCUT2D eigenvalue weighted by Gasteiger charge is 2.33. The van der Waals surface area contributed by atoms with E-state index in [1.54, 1.807) is 24.7 Å². The average Bonchev–Trinajstić information content (AvgIpc) is 3.19. The van der Waals surface area contributed by atoms with Gasteiger partial charge in [0.1, 0.15) is 5.82 Å². The maximum absolute atomic E-state index is 12.9. The van der Waals surface area contributed by atoms with Crippen molar-refractivity contribution < 1.29 is 13.2 Å². The van der Waals surface area contributed by atoms with Gasteiger partial charge < -0.3 is 9.88 Å². The molecular formula is C25H37N5O3S. The van der Waals surface area contributed by atoms with Gasteiger partial charge in [0.2, 0.25) is 5.91 Å². The minimum Gasteiger partial charge on any atom is -0.352 e. The molecule has 0 saturated carbocycles. The molecule has 0 spiro atoms. The Morgan fingerprint density at radius 2 is 1.71 bits per heavy atom. The van der Waals surface area contributed by atoms with Gasteiger partial charge in [-0.25, -0.2) is 13.4 Å². The molecule has 2 aliphatic rings. The molecule has 0 unspecified atom stereocenters. The lowest BCUT2D eigenvalue weighted by molar-refractivity contribution is -0.126. The minimum atomic E-state index is -3.63. The largest absolute Gasteiger partial charge is 0.352 e. The molecule has 0 radical (unpaired) electrons. The number of aryl methyl sites for hydroxylation is 2. The van der Waals surface area contributed by atoms with Crippen molar-refractivity contribution in [1.82, 2.24) is 24.1 Å². The van der Waals surface area contributed by atoms with Gasteiger partial charge in [-0.3, -0.25) is 9.69 Å². The number of hydrogen-bond acceptors (Lipinski definition) is 5. The summed E-state index contributed by atoms with van der Waals surface area (Å²) in [4.78, 5) is 19.6. The molecule has 9 heteroatoms. The van der Waals surface area contributed by atoms with Crippen LogP contribution in [0.2, 0.25) is 0 Å². The second-order valence-electron chi connectivity index (χ2n) is 9.86. The number of imidazole rings is 1. The first-order valence-electron chi connectivity index (χ1n) is 12.3. The number of carbonyl (C=O) groups is 1. The first kappa shape index (κ1) is 24.9. The average molecular weight is 488 g/mol. The van der Waals surface area contributed by atoms with Crippen LogP contribution in [0, 0.1) is 18.8 Å². The Bertz CT molecular complexity index is 1080. The van der Waals surface area contributed by atoms with Crippen LogP contribution in [0.15, 0.2) is 35.5 Å². The summed E-state index contributed by atoms with van der Waals surface area (Å²) < 4.78 is 29.0. The van der Waals surface area contributed by atoms with E-state index in [1.807, 2.05) is 6.07 Å². The highest BCUT2D eigenvalue weighted by atomic mass is 32.2. The number of likely N-dealkylation sites (tertiary alicyclic amines) is 1. The van der Waals surface area contributed by atoms with E-state index in [0.717, 1.165) is 31.1 Å². The SMILES string of the molecule is Cc1nc(S(=O)(=O)N2CCC(C(=O)NCc3ccccc3CN3CCC(C)CC3)CC2)cn1C. The van der Waals surface area contributed by atoms with E-state index >= 15 is 0 Å². The second kappa shape index (κ2) is 10.6. The summed E-state index contributed by atoms with van der Waals surface area (Å²) in [5.41, 5.74) is 2.42. The summed E-state index contributed by atoms with van der Waals surface area (Å²) in [5, 5.41) is 3.19. The zero-order valence-electron chi connectivity index (χ0n) is 20.5. The van der Waals surface area contributed by atoms with E-state index < -0.39 is 10.0 Å². The summed E-state index contributed by atoms with van der Waals surface area (Å²) in [6.07, 6.45) is 5.07. The van der Waals surface area contributed by atoms with Crippen molar-refractivity contribution >= 4 is 15.9 Å². The first-order chi connectivity index (χ1) is 16.2. The molecule has 186 valence electrons. The second-order valence-corrected chi connectivity index (χ2v) is 11.7. The van der Waals surface area contributed by atoms with Crippen LogP contribution in [0.25, 0.3) is 0 Å². The maximum Gasteiger partial charge on any atom is 0.262 e.